The minimum absolute atomic E-state index is 0.0687. The molecule has 0 spiro atoms. The van der Waals surface area contributed by atoms with Crippen molar-refractivity contribution >= 4 is 22.4 Å². The van der Waals surface area contributed by atoms with Crippen molar-refractivity contribution in [2.45, 2.75) is 39.2 Å². The summed E-state index contributed by atoms with van der Waals surface area (Å²) in [4.78, 5) is 8.83. The number of aromatic nitrogens is 2. The third-order valence-corrected chi connectivity index (χ3v) is 3.39. The van der Waals surface area contributed by atoms with Crippen LogP contribution in [0, 0.1) is 0 Å². The molecular weight excluding hydrogens is 262 g/mol. The van der Waals surface area contributed by atoms with E-state index in [9.17, 15) is 4.21 Å². The maximum Gasteiger partial charge on any atom is 0.145 e. The number of hydrogen-bond donors (Lipinski definition) is 3. The molecule has 2 atom stereocenters. The summed E-state index contributed by atoms with van der Waals surface area (Å²) >= 11 is 0. The molecule has 0 aliphatic carbocycles. The van der Waals surface area contributed by atoms with Gasteiger partial charge in [0.25, 0.3) is 0 Å². The van der Waals surface area contributed by atoms with Crippen molar-refractivity contribution in [1.82, 2.24) is 9.97 Å². The van der Waals surface area contributed by atoms with Gasteiger partial charge >= 0.3 is 0 Å². The minimum atomic E-state index is -0.845. The first-order chi connectivity index (χ1) is 8.72. The van der Waals surface area contributed by atoms with Crippen molar-refractivity contribution in [3.8, 4) is 0 Å². The topological polar surface area (TPSA) is 92.9 Å². The first kappa shape index (κ1) is 15.8. The van der Waals surface area contributed by atoms with E-state index in [1.54, 1.807) is 12.3 Å². The molecule has 1 rings (SSSR count). The highest BCUT2D eigenvalue weighted by Crippen LogP contribution is 2.22. The molecule has 1 aromatic rings. The molecule has 0 saturated carbocycles. The SMILES string of the molecule is CC(CS(C)=O)Nc1cc(NN)nc(C(C)(C)C)n1. The average Bonchev–Trinajstić information content (AvgIpc) is 2.25. The van der Waals surface area contributed by atoms with Gasteiger partial charge in [0.15, 0.2) is 0 Å². The first-order valence-corrected chi connectivity index (χ1v) is 7.88. The largest absolute Gasteiger partial charge is 0.367 e. The van der Waals surface area contributed by atoms with Crippen molar-refractivity contribution < 1.29 is 4.21 Å². The third-order valence-electron chi connectivity index (χ3n) is 2.42. The molecule has 108 valence electrons. The maximum absolute atomic E-state index is 11.2. The highest BCUT2D eigenvalue weighted by molar-refractivity contribution is 7.84. The summed E-state index contributed by atoms with van der Waals surface area (Å²) in [5.74, 6) is 7.95. The third kappa shape index (κ3) is 5.12. The molecule has 0 aliphatic rings. The van der Waals surface area contributed by atoms with E-state index in [2.05, 4.69) is 20.7 Å². The Kier molecular flexibility index (Phi) is 5.25. The summed E-state index contributed by atoms with van der Waals surface area (Å²) in [5, 5.41) is 3.22. The van der Waals surface area contributed by atoms with Gasteiger partial charge in [0.05, 0.1) is 0 Å². The van der Waals surface area contributed by atoms with Crippen molar-refractivity contribution in [2.24, 2.45) is 5.84 Å². The summed E-state index contributed by atoms with van der Waals surface area (Å²) < 4.78 is 11.2. The fraction of sp³-hybridized carbons (Fsp3) is 0.667. The number of rotatable bonds is 5. The van der Waals surface area contributed by atoms with Gasteiger partial charge in [-0.15, -0.1) is 0 Å². The van der Waals surface area contributed by atoms with Gasteiger partial charge in [0.2, 0.25) is 0 Å². The van der Waals surface area contributed by atoms with Crippen LogP contribution in [0.1, 0.15) is 33.5 Å². The van der Waals surface area contributed by atoms with Crippen LogP contribution >= 0.6 is 0 Å². The second kappa shape index (κ2) is 6.29. The van der Waals surface area contributed by atoms with Crippen LogP contribution in [0.25, 0.3) is 0 Å². The smallest absolute Gasteiger partial charge is 0.145 e. The van der Waals surface area contributed by atoms with E-state index in [0.29, 0.717) is 23.2 Å². The molecule has 7 heteroatoms. The van der Waals surface area contributed by atoms with Crippen LogP contribution in [-0.2, 0) is 16.2 Å². The zero-order chi connectivity index (χ0) is 14.6. The van der Waals surface area contributed by atoms with Crippen LogP contribution in [0.5, 0.6) is 0 Å². The van der Waals surface area contributed by atoms with Gasteiger partial charge in [-0.3, -0.25) is 4.21 Å². The fourth-order valence-electron chi connectivity index (χ4n) is 1.58. The van der Waals surface area contributed by atoms with Crippen molar-refractivity contribution in [2.75, 3.05) is 22.8 Å². The predicted molar refractivity (Wildman–Crippen MR) is 80.6 cm³/mol. The maximum atomic E-state index is 11.2. The lowest BCUT2D eigenvalue weighted by Crippen LogP contribution is -2.25. The second-order valence-electron chi connectivity index (χ2n) is 5.64. The number of hydrazine groups is 1. The molecule has 0 aromatic carbocycles. The Balaban J connectivity index is 2.97. The quantitative estimate of drug-likeness (QED) is 0.557. The summed E-state index contributed by atoms with van der Waals surface area (Å²) in [5.41, 5.74) is 2.38. The summed E-state index contributed by atoms with van der Waals surface area (Å²) in [7, 11) is -0.845. The number of anilines is 2. The Morgan fingerprint density at radius 1 is 1.37 bits per heavy atom. The van der Waals surface area contributed by atoms with E-state index in [0.717, 1.165) is 0 Å². The lowest BCUT2D eigenvalue weighted by molar-refractivity contribution is 0.546. The Labute approximate surface area is 117 Å². The van der Waals surface area contributed by atoms with E-state index in [1.165, 1.54) is 0 Å². The molecule has 1 aromatic heterocycles. The van der Waals surface area contributed by atoms with Gasteiger partial charge in [0, 0.05) is 40.3 Å². The van der Waals surface area contributed by atoms with Crippen LogP contribution in [0.4, 0.5) is 11.6 Å². The molecule has 0 fully saturated rings. The molecule has 4 N–H and O–H groups in total. The molecule has 6 nitrogen and oxygen atoms in total. The predicted octanol–water partition coefficient (Wildman–Crippen LogP) is 1.24. The highest BCUT2D eigenvalue weighted by atomic mass is 32.2. The number of nitrogen functional groups attached to an aromatic ring is 1. The molecular formula is C12H23N5OS. The molecule has 0 aliphatic heterocycles. The van der Waals surface area contributed by atoms with E-state index in [1.807, 2.05) is 27.7 Å². The van der Waals surface area contributed by atoms with Crippen molar-refractivity contribution in [3.05, 3.63) is 11.9 Å². The number of hydrogen-bond acceptors (Lipinski definition) is 6. The highest BCUT2D eigenvalue weighted by Gasteiger charge is 2.19. The Hall–Kier alpha value is -1.21. The average molecular weight is 285 g/mol. The van der Waals surface area contributed by atoms with Gasteiger partial charge < -0.3 is 10.7 Å². The lowest BCUT2D eigenvalue weighted by Gasteiger charge is -2.20. The molecule has 0 radical (unpaired) electrons. The number of nitrogens with two attached hydrogens (primary N) is 1. The molecule has 0 bridgehead atoms. The van der Waals surface area contributed by atoms with E-state index in [-0.39, 0.29) is 11.5 Å². The minimum Gasteiger partial charge on any atom is -0.367 e. The summed E-state index contributed by atoms with van der Waals surface area (Å²) in [6.45, 7) is 8.08. The van der Waals surface area contributed by atoms with Gasteiger partial charge in [0.1, 0.15) is 17.5 Å². The van der Waals surface area contributed by atoms with E-state index in [4.69, 9.17) is 5.84 Å². The number of nitrogens with zero attached hydrogens (tertiary/aromatic N) is 2. The molecule has 0 amide bonds. The Bertz CT molecular complexity index is 458. The normalized spacial score (nSPS) is 14.8. The second-order valence-corrected chi connectivity index (χ2v) is 7.12. The van der Waals surface area contributed by atoms with Crippen LogP contribution in [-0.4, -0.2) is 32.2 Å². The van der Waals surface area contributed by atoms with Crippen LogP contribution < -0.4 is 16.6 Å². The van der Waals surface area contributed by atoms with Gasteiger partial charge in [-0.05, 0) is 6.92 Å². The zero-order valence-electron chi connectivity index (χ0n) is 12.2. The van der Waals surface area contributed by atoms with Crippen LogP contribution in [0.15, 0.2) is 6.07 Å². The van der Waals surface area contributed by atoms with Crippen LogP contribution in [0.2, 0.25) is 0 Å². The molecule has 1 heterocycles. The van der Waals surface area contributed by atoms with Crippen LogP contribution in [0.3, 0.4) is 0 Å². The monoisotopic (exact) mass is 285 g/mol. The Morgan fingerprint density at radius 2 is 1.95 bits per heavy atom. The van der Waals surface area contributed by atoms with Gasteiger partial charge in [-0.25, -0.2) is 15.8 Å². The lowest BCUT2D eigenvalue weighted by atomic mass is 9.96. The fourth-order valence-corrected chi connectivity index (χ4v) is 2.36. The zero-order valence-corrected chi connectivity index (χ0v) is 13.0. The Morgan fingerprint density at radius 3 is 2.42 bits per heavy atom. The van der Waals surface area contributed by atoms with Gasteiger partial charge in [-0.2, -0.15) is 0 Å². The van der Waals surface area contributed by atoms with E-state index < -0.39 is 10.8 Å². The summed E-state index contributed by atoms with van der Waals surface area (Å²) in [6, 6.07) is 1.81. The molecule has 0 saturated heterocycles. The standard InChI is InChI=1S/C12H23N5OS/c1-8(7-19(5)18)14-9-6-10(17-13)16-11(15-9)12(2,3)4/h6,8H,7,13H2,1-5H3,(H2,14,15,16,17). The molecule has 19 heavy (non-hydrogen) atoms. The number of nitrogens with one attached hydrogen (secondary N) is 2. The van der Waals surface area contributed by atoms with Crippen molar-refractivity contribution in [1.29, 1.82) is 0 Å². The van der Waals surface area contributed by atoms with Crippen molar-refractivity contribution in [3.63, 3.8) is 0 Å². The summed E-state index contributed by atoms with van der Waals surface area (Å²) in [6.07, 6.45) is 1.69. The van der Waals surface area contributed by atoms with E-state index >= 15 is 0 Å². The first-order valence-electron chi connectivity index (χ1n) is 6.15. The molecule has 2 unspecified atom stereocenters. The van der Waals surface area contributed by atoms with Gasteiger partial charge in [-0.1, -0.05) is 20.8 Å².